The normalized spacial score (nSPS) is 13.8. The van der Waals surface area contributed by atoms with Gasteiger partial charge in [0.2, 0.25) is 5.91 Å². The van der Waals surface area contributed by atoms with Gasteiger partial charge in [0.15, 0.2) is 0 Å². The first-order valence-electron chi connectivity index (χ1n) is 21.1. The molecule has 0 saturated carbocycles. The minimum atomic E-state index is -0.656. The summed E-state index contributed by atoms with van der Waals surface area (Å²) < 4.78 is 0. The van der Waals surface area contributed by atoms with Gasteiger partial charge in [0.25, 0.3) is 0 Å². The van der Waals surface area contributed by atoms with Gasteiger partial charge in [0.05, 0.1) is 18.8 Å². The first-order chi connectivity index (χ1) is 24.7. The number of rotatable bonds is 37. The van der Waals surface area contributed by atoms with E-state index in [2.05, 4.69) is 92.1 Å². The summed E-state index contributed by atoms with van der Waals surface area (Å²) in [4.78, 5) is 12.2. The van der Waals surface area contributed by atoms with Gasteiger partial charge in [-0.25, -0.2) is 0 Å². The number of hydrogen-bond donors (Lipinski definition) is 3. The van der Waals surface area contributed by atoms with Crippen molar-refractivity contribution in [1.29, 1.82) is 0 Å². The largest absolute Gasteiger partial charge is 0.394 e. The summed E-state index contributed by atoms with van der Waals surface area (Å²) >= 11 is 0. The number of allylic oxidation sites excluding steroid dienone is 12. The molecular formula is C46H81NO3. The van der Waals surface area contributed by atoms with Gasteiger partial charge in [-0.15, -0.1) is 0 Å². The molecule has 50 heavy (non-hydrogen) atoms. The van der Waals surface area contributed by atoms with Gasteiger partial charge < -0.3 is 15.5 Å². The van der Waals surface area contributed by atoms with Crippen LogP contribution < -0.4 is 5.32 Å². The lowest BCUT2D eigenvalue weighted by Gasteiger charge is -2.22. The van der Waals surface area contributed by atoms with E-state index in [1.807, 2.05) is 0 Å². The van der Waals surface area contributed by atoms with E-state index in [1.54, 1.807) is 0 Å². The van der Waals surface area contributed by atoms with Crippen LogP contribution in [-0.4, -0.2) is 34.9 Å². The number of aliphatic hydroxyl groups excluding tert-OH is 2. The molecule has 0 rings (SSSR count). The van der Waals surface area contributed by atoms with Gasteiger partial charge in [-0.1, -0.05) is 196 Å². The molecule has 0 bridgehead atoms. The Morgan fingerprint density at radius 3 is 1.28 bits per heavy atom. The summed E-state index contributed by atoms with van der Waals surface area (Å²) in [5.74, 6) is -0.0459. The van der Waals surface area contributed by atoms with E-state index in [4.69, 9.17) is 0 Å². The van der Waals surface area contributed by atoms with E-state index >= 15 is 0 Å². The maximum atomic E-state index is 12.2. The predicted octanol–water partition coefficient (Wildman–Crippen LogP) is 13.1. The third-order valence-electron chi connectivity index (χ3n) is 9.23. The zero-order valence-corrected chi connectivity index (χ0v) is 32.9. The van der Waals surface area contributed by atoms with Gasteiger partial charge in [-0.2, -0.15) is 0 Å². The molecule has 1 amide bonds. The van der Waals surface area contributed by atoms with Gasteiger partial charge in [0.1, 0.15) is 0 Å². The van der Waals surface area contributed by atoms with Crippen molar-refractivity contribution in [3.8, 4) is 0 Å². The van der Waals surface area contributed by atoms with Crippen molar-refractivity contribution in [3.05, 3.63) is 72.9 Å². The van der Waals surface area contributed by atoms with Crippen LogP contribution in [0.5, 0.6) is 0 Å². The monoisotopic (exact) mass is 696 g/mol. The van der Waals surface area contributed by atoms with Crippen LogP contribution in [0.3, 0.4) is 0 Å². The second kappa shape index (κ2) is 41.3. The fraction of sp³-hybridized carbons (Fsp3) is 0.717. The SMILES string of the molecule is CC/C=C\C/C=C\C/C=C\C/C=C\C/C=C\C/C=C\CCCCCCCCCCCCCCCCCCC(=O)NC(CO)C(O)CCCCC. The Labute approximate surface area is 310 Å². The lowest BCUT2D eigenvalue weighted by atomic mass is 10.0. The zero-order chi connectivity index (χ0) is 36.4. The average molecular weight is 696 g/mol. The van der Waals surface area contributed by atoms with Crippen molar-refractivity contribution in [3.63, 3.8) is 0 Å². The summed E-state index contributed by atoms with van der Waals surface area (Å²) in [7, 11) is 0. The minimum Gasteiger partial charge on any atom is -0.394 e. The first kappa shape index (κ1) is 47.8. The molecule has 2 unspecified atom stereocenters. The van der Waals surface area contributed by atoms with Gasteiger partial charge >= 0.3 is 0 Å². The number of hydrogen-bond acceptors (Lipinski definition) is 3. The summed E-state index contributed by atoms with van der Waals surface area (Å²) in [6, 6.07) is -0.533. The van der Waals surface area contributed by atoms with Crippen LogP contribution in [0.1, 0.15) is 194 Å². The summed E-state index contributed by atoms with van der Waals surface area (Å²) in [6.07, 6.45) is 59.1. The Bertz CT molecular complexity index is 884. The number of aliphatic hydroxyl groups is 2. The van der Waals surface area contributed by atoms with Crippen LogP contribution in [-0.2, 0) is 4.79 Å². The van der Waals surface area contributed by atoms with E-state index in [1.165, 1.54) is 96.3 Å². The van der Waals surface area contributed by atoms with Crippen molar-refractivity contribution in [1.82, 2.24) is 5.32 Å². The Balaban J connectivity index is 3.41. The standard InChI is InChI=1S/C46H81NO3/c1-3-5-7-8-9-10-11-12-13-14-15-16-17-18-19-20-21-22-23-24-25-26-27-28-29-30-31-32-33-34-35-36-37-38-40-42-46(50)47-44(43-48)45(49)41-39-6-4-2/h5,7,9-10,12-13,15-16,18-19,21-22,44-45,48-49H,3-4,6,8,11,14,17,20,23-43H2,1-2H3,(H,47,50)/b7-5-,10-9-,13-12-,16-15-,19-18-,22-21-. The highest BCUT2D eigenvalue weighted by atomic mass is 16.3. The number of amides is 1. The third kappa shape index (κ3) is 37.1. The molecule has 0 heterocycles. The number of unbranched alkanes of at least 4 members (excludes halogenated alkanes) is 18. The van der Waals surface area contributed by atoms with Crippen molar-refractivity contribution < 1.29 is 15.0 Å². The highest BCUT2D eigenvalue weighted by Gasteiger charge is 2.19. The summed E-state index contributed by atoms with van der Waals surface area (Å²) in [5, 5.41) is 22.5. The van der Waals surface area contributed by atoms with E-state index < -0.39 is 12.1 Å². The molecule has 0 aliphatic rings. The molecule has 0 aliphatic carbocycles. The Morgan fingerprint density at radius 2 is 0.880 bits per heavy atom. The smallest absolute Gasteiger partial charge is 0.220 e. The summed E-state index contributed by atoms with van der Waals surface area (Å²) in [6.45, 7) is 4.09. The molecule has 0 radical (unpaired) electrons. The van der Waals surface area contributed by atoms with Crippen LogP contribution in [0, 0.1) is 0 Å². The Morgan fingerprint density at radius 1 is 0.500 bits per heavy atom. The lowest BCUT2D eigenvalue weighted by Crippen LogP contribution is -2.45. The Hall–Kier alpha value is -2.17. The molecule has 288 valence electrons. The van der Waals surface area contributed by atoms with E-state index in [9.17, 15) is 15.0 Å². The second-order valence-corrected chi connectivity index (χ2v) is 14.0. The van der Waals surface area contributed by atoms with Crippen molar-refractivity contribution in [2.75, 3.05) is 6.61 Å². The lowest BCUT2D eigenvalue weighted by molar-refractivity contribution is -0.123. The van der Waals surface area contributed by atoms with E-state index in [0.29, 0.717) is 12.8 Å². The molecule has 4 nitrogen and oxygen atoms in total. The molecule has 0 aromatic heterocycles. The topological polar surface area (TPSA) is 69.6 Å². The van der Waals surface area contributed by atoms with Crippen LogP contribution in [0.15, 0.2) is 72.9 Å². The first-order valence-corrected chi connectivity index (χ1v) is 21.1. The summed E-state index contributed by atoms with van der Waals surface area (Å²) in [5.41, 5.74) is 0. The fourth-order valence-corrected chi connectivity index (χ4v) is 6.01. The number of carbonyl (C=O) groups excluding carboxylic acids is 1. The minimum absolute atomic E-state index is 0.0459. The van der Waals surface area contributed by atoms with E-state index in [-0.39, 0.29) is 12.5 Å². The quantitative estimate of drug-likeness (QED) is 0.0447. The molecule has 0 aromatic carbocycles. The van der Waals surface area contributed by atoms with Crippen molar-refractivity contribution >= 4 is 5.91 Å². The van der Waals surface area contributed by atoms with Crippen LogP contribution >= 0.6 is 0 Å². The Kier molecular flexibility index (Phi) is 39.5. The zero-order valence-electron chi connectivity index (χ0n) is 32.9. The van der Waals surface area contributed by atoms with Crippen molar-refractivity contribution in [2.45, 2.75) is 206 Å². The molecule has 3 N–H and O–H groups in total. The fourth-order valence-electron chi connectivity index (χ4n) is 6.01. The maximum Gasteiger partial charge on any atom is 0.220 e. The number of carbonyl (C=O) groups is 1. The molecule has 4 heteroatoms. The van der Waals surface area contributed by atoms with Gasteiger partial charge in [0, 0.05) is 6.42 Å². The molecular weight excluding hydrogens is 615 g/mol. The molecule has 2 atom stereocenters. The highest BCUT2D eigenvalue weighted by Crippen LogP contribution is 2.15. The number of nitrogens with one attached hydrogen (secondary N) is 1. The maximum absolute atomic E-state index is 12.2. The van der Waals surface area contributed by atoms with Crippen molar-refractivity contribution in [2.24, 2.45) is 0 Å². The van der Waals surface area contributed by atoms with Gasteiger partial charge in [-0.3, -0.25) is 4.79 Å². The molecule has 0 aromatic rings. The van der Waals surface area contributed by atoms with Crippen LogP contribution in [0.25, 0.3) is 0 Å². The predicted molar refractivity (Wildman–Crippen MR) is 220 cm³/mol. The van der Waals surface area contributed by atoms with Crippen LogP contribution in [0.2, 0.25) is 0 Å². The molecule has 0 aliphatic heterocycles. The molecule has 0 fully saturated rings. The van der Waals surface area contributed by atoms with Gasteiger partial charge in [-0.05, 0) is 64.2 Å². The third-order valence-corrected chi connectivity index (χ3v) is 9.23. The van der Waals surface area contributed by atoms with E-state index in [0.717, 1.165) is 70.6 Å². The highest BCUT2D eigenvalue weighted by molar-refractivity contribution is 5.76. The molecule has 0 spiro atoms. The molecule has 0 saturated heterocycles. The average Bonchev–Trinajstić information content (AvgIpc) is 3.12. The second-order valence-electron chi connectivity index (χ2n) is 14.0. The van der Waals surface area contributed by atoms with Crippen LogP contribution in [0.4, 0.5) is 0 Å².